The van der Waals surface area contributed by atoms with Gasteiger partial charge in [-0.3, -0.25) is 4.57 Å². The van der Waals surface area contributed by atoms with E-state index in [1.54, 1.807) is 0 Å². The Balaban J connectivity index is 1.24. The van der Waals surface area contributed by atoms with Crippen molar-refractivity contribution in [3.8, 4) is 61.3 Å². The van der Waals surface area contributed by atoms with E-state index in [2.05, 4.69) is 41.8 Å². The first-order valence-corrected chi connectivity index (χ1v) is 17.9. The molecule has 0 bridgehead atoms. The Bertz CT molecular complexity index is 3460. The maximum absolute atomic E-state index is 9.55. The molecule has 0 fully saturated rings. The van der Waals surface area contributed by atoms with Crippen molar-refractivity contribution in [1.82, 2.24) is 9.55 Å². The van der Waals surface area contributed by atoms with Crippen molar-refractivity contribution in [2.75, 3.05) is 0 Å². The summed E-state index contributed by atoms with van der Waals surface area (Å²) in [5.41, 5.74) is 10.6. The van der Waals surface area contributed by atoms with Gasteiger partial charge in [-0.1, -0.05) is 152 Å². The van der Waals surface area contributed by atoms with Crippen LogP contribution in [0.1, 0.15) is 23.7 Å². The lowest BCUT2D eigenvalue weighted by molar-refractivity contribution is 0.908. The van der Waals surface area contributed by atoms with Crippen molar-refractivity contribution in [2.45, 2.75) is 13.3 Å². The van der Waals surface area contributed by atoms with E-state index >= 15 is 0 Å². The topological polar surface area (TPSA) is 17.8 Å². The highest BCUT2D eigenvalue weighted by Crippen LogP contribution is 2.51. The molecule has 0 radical (unpaired) electrons. The zero-order chi connectivity index (χ0) is 42.0. The molecular formula is C51H34N2. The van der Waals surface area contributed by atoms with Crippen LogP contribution in [0.25, 0.3) is 105 Å². The fraction of sp³-hybridized carbons (Fsp3) is 0.0392. The molecule has 10 aromatic rings. The molecule has 53 heavy (non-hydrogen) atoms. The number of benzene rings is 9. The third-order valence-corrected chi connectivity index (χ3v) is 10.7. The van der Waals surface area contributed by atoms with E-state index in [9.17, 15) is 5.48 Å². The van der Waals surface area contributed by atoms with Gasteiger partial charge in [0.1, 0.15) is 5.82 Å². The van der Waals surface area contributed by atoms with Crippen LogP contribution < -0.4 is 0 Å². The summed E-state index contributed by atoms with van der Waals surface area (Å²) in [7, 11) is 0. The van der Waals surface area contributed by atoms with Gasteiger partial charge < -0.3 is 0 Å². The quantitative estimate of drug-likeness (QED) is 0.165. The molecule has 2 nitrogen and oxygen atoms in total. The summed E-state index contributed by atoms with van der Waals surface area (Å²) in [6, 6.07) is 39.2. The highest BCUT2D eigenvalue weighted by Gasteiger charge is 2.24. The number of aryl methyl sites for hydroxylation is 1. The fourth-order valence-electron chi connectivity index (χ4n) is 8.49. The van der Waals surface area contributed by atoms with E-state index in [-0.39, 0.29) is 45.7 Å². The van der Waals surface area contributed by atoms with E-state index in [0.29, 0.717) is 22.3 Å². The Kier molecular flexibility index (Phi) is 5.03. The maximum atomic E-state index is 9.55. The molecule has 0 N–H and O–H groups in total. The predicted molar refractivity (Wildman–Crippen MR) is 224 cm³/mol. The molecule has 0 amide bonds. The molecule has 1 heterocycles. The van der Waals surface area contributed by atoms with Crippen LogP contribution in [-0.4, -0.2) is 9.55 Å². The lowest BCUT2D eigenvalue weighted by Gasteiger charge is -2.19. The van der Waals surface area contributed by atoms with Gasteiger partial charge >= 0.3 is 0 Å². The normalized spacial score (nSPS) is 14.1. The first kappa shape index (κ1) is 22.9. The number of rotatable bonds is 5. The Labute approximate surface area is 319 Å². The number of hydrogen-bond acceptors (Lipinski definition) is 1. The van der Waals surface area contributed by atoms with E-state index in [4.69, 9.17) is 10.5 Å². The predicted octanol–water partition coefficient (Wildman–Crippen LogP) is 13.7. The molecule has 0 saturated carbocycles. The number of hydrogen-bond donors (Lipinski definition) is 0. The number of fused-ring (bicyclic) bond motifs is 6. The summed E-state index contributed by atoms with van der Waals surface area (Å²) in [5.74, 6) is 0.929. The van der Waals surface area contributed by atoms with Crippen LogP contribution in [0, 0.1) is 0 Å². The van der Waals surface area contributed by atoms with Gasteiger partial charge in [0.15, 0.2) is 0 Å². The summed E-state index contributed by atoms with van der Waals surface area (Å²) in [4.78, 5) is 4.88. The third kappa shape index (κ3) is 4.42. The average molecular weight is 683 g/mol. The molecule has 11 rings (SSSR count). The molecule has 2 heteroatoms. The number of aromatic nitrogens is 2. The van der Waals surface area contributed by atoms with Crippen LogP contribution in [0.5, 0.6) is 0 Å². The highest BCUT2D eigenvalue weighted by atomic mass is 15.1. The van der Waals surface area contributed by atoms with Crippen molar-refractivity contribution in [3.05, 3.63) is 182 Å². The van der Waals surface area contributed by atoms with Gasteiger partial charge in [-0.2, -0.15) is 0 Å². The van der Waals surface area contributed by atoms with E-state index in [1.807, 2.05) is 97.1 Å². The zero-order valence-electron chi connectivity index (χ0n) is 36.7. The van der Waals surface area contributed by atoms with Crippen LogP contribution in [0.2, 0.25) is 0 Å². The molecule has 1 aliphatic carbocycles. The van der Waals surface area contributed by atoms with Gasteiger partial charge in [0.2, 0.25) is 0 Å². The maximum Gasteiger partial charge on any atom is 0.114 e. The highest BCUT2D eigenvalue weighted by molar-refractivity contribution is 6.26. The van der Waals surface area contributed by atoms with Crippen LogP contribution in [0.15, 0.2) is 176 Å². The SMILES string of the molecule is [2H]c1c([2H])c([2H])c2c(-c3ccc4c5c(cccc35)-c3ccccc3-4)c3c([2H])c([2H])c([2H])c([2H])c3c(-c3cccc(-c4cccc(-n5c(CC)nc6ccccc65)c4)c3)c2c1[2H]. The summed E-state index contributed by atoms with van der Waals surface area (Å²) in [6.45, 7) is 2.08. The Morgan fingerprint density at radius 1 is 0.491 bits per heavy atom. The largest absolute Gasteiger partial charge is 0.296 e. The van der Waals surface area contributed by atoms with Crippen molar-refractivity contribution in [2.24, 2.45) is 0 Å². The van der Waals surface area contributed by atoms with E-state index < -0.39 is 24.2 Å². The summed E-state index contributed by atoms with van der Waals surface area (Å²) in [5, 5.41) is 2.57. The zero-order valence-corrected chi connectivity index (χ0v) is 28.7. The van der Waals surface area contributed by atoms with Crippen molar-refractivity contribution < 1.29 is 11.0 Å². The Morgan fingerprint density at radius 2 is 1.06 bits per heavy atom. The number of imidazole rings is 1. The second-order valence-electron chi connectivity index (χ2n) is 13.5. The molecule has 0 atom stereocenters. The fourth-order valence-corrected chi connectivity index (χ4v) is 8.49. The second kappa shape index (κ2) is 11.6. The Hall–Kier alpha value is -6.77. The standard InChI is InChI=1S/C51H34N2/c1-2-48-52-46-26-9-10-27-47(46)53(48)35-17-12-15-33(31-35)32-14-11-16-34(30-32)49-39-20-5-7-22-41(39)51(42-23-8-6-21-40(42)49)45-29-28-44-37-19-4-3-18-36(37)38-24-13-25-43(45)50(38)44/h3-31H,2H2,1H3/i5D,6D,7D,8D,20D,21D,22D,23D. The molecule has 1 aliphatic rings. The van der Waals surface area contributed by atoms with Crippen molar-refractivity contribution >= 4 is 43.4 Å². The first-order chi connectivity index (χ1) is 29.6. The van der Waals surface area contributed by atoms with Crippen molar-refractivity contribution in [3.63, 3.8) is 0 Å². The van der Waals surface area contributed by atoms with Gasteiger partial charge in [-0.05, 0) is 118 Å². The van der Waals surface area contributed by atoms with Crippen LogP contribution in [0.4, 0.5) is 0 Å². The van der Waals surface area contributed by atoms with Gasteiger partial charge in [0.05, 0.1) is 22.0 Å². The minimum atomic E-state index is -0.427. The number of nitrogens with zero attached hydrogens (tertiary/aromatic N) is 2. The summed E-state index contributed by atoms with van der Waals surface area (Å²) < 4.78 is 76.2. The minimum absolute atomic E-state index is 0.188. The molecule has 0 unspecified atom stereocenters. The molecule has 1 aromatic heterocycles. The van der Waals surface area contributed by atoms with E-state index in [0.717, 1.165) is 73.1 Å². The molecule has 9 aromatic carbocycles. The molecule has 0 spiro atoms. The van der Waals surface area contributed by atoms with Gasteiger partial charge in [0, 0.05) is 12.1 Å². The van der Waals surface area contributed by atoms with Crippen molar-refractivity contribution in [1.29, 1.82) is 0 Å². The minimum Gasteiger partial charge on any atom is -0.296 e. The Morgan fingerprint density at radius 3 is 1.79 bits per heavy atom. The second-order valence-corrected chi connectivity index (χ2v) is 13.5. The monoisotopic (exact) mass is 682 g/mol. The molecule has 248 valence electrons. The smallest absolute Gasteiger partial charge is 0.114 e. The third-order valence-electron chi connectivity index (χ3n) is 10.7. The first-order valence-electron chi connectivity index (χ1n) is 21.9. The van der Waals surface area contributed by atoms with Gasteiger partial charge in [-0.25, -0.2) is 4.98 Å². The van der Waals surface area contributed by atoms with Crippen LogP contribution in [-0.2, 0) is 6.42 Å². The molecule has 0 aliphatic heterocycles. The molecule has 0 saturated heterocycles. The summed E-state index contributed by atoms with van der Waals surface area (Å²) in [6.07, 6.45) is 0.732. The average Bonchev–Trinajstić information content (AvgIpc) is 3.85. The number of para-hydroxylation sites is 2. The van der Waals surface area contributed by atoms with Gasteiger partial charge in [-0.15, -0.1) is 0 Å². The van der Waals surface area contributed by atoms with Gasteiger partial charge in [0.25, 0.3) is 0 Å². The van der Waals surface area contributed by atoms with E-state index in [1.165, 1.54) is 0 Å². The van der Waals surface area contributed by atoms with Crippen LogP contribution >= 0.6 is 0 Å². The molecular weight excluding hydrogens is 641 g/mol. The lowest BCUT2D eigenvalue weighted by Crippen LogP contribution is -2.00. The lowest BCUT2D eigenvalue weighted by atomic mass is 9.84. The summed E-state index contributed by atoms with van der Waals surface area (Å²) >= 11 is 0. The van der Waals surface area contributed by atoms with Crippen LogP contribution in [0.3, 0.4) is 0 Å².